The van der Waals surface area contributed by atoms with E-state index in [1.165, 1.54) is 0 Å². The van der Waals surface area contributed by atoms with E-state index in [1.54, 1.807) is 6.92 Å². The zero-order valence-electron chi connectivity index (χ0n) is 9.08. The normalized spacial score (nSPS) is 15.9. The number of halogens is 5. The van der Waals surface area contributed by atoms with Gasteiger partial charge >= 0.3 is 11.4 Å². The van der Waals surface area contributed by atoms with Crippen LogP contribution in [0.25, 0.3) is 0 Å². The molecule has 1 unspecified atom stereocenters. The Hall–Kier alpha value is -0.900. The van der Waals surface area contributed by atoms with E-state index in [1.807, 2.05) is 0 Å². The number of hydrogen-bond acceptors (Lipinski definition) is 4. The maximum absolute atomic E-state index is 12.8. The lowest BCUT2D eigenvalue weighted by atomic mass is 10.3. The van der Waals surface area contributed by atoms with Gasteiger partial charge in [-0.1, -0.05) is 13.3 Å². The molecule has 0 aromatic carbocycles. The zero-order chi connectivity index (χ0) is 14.6. The molecule has 0 radical (unpaired) electrons. The van der Waals surface area contributed by atoms with Gasteiger partial charge in [0.25, 0.3) is 6.10 Å². The van der Waals surface area contributed by atoms with E-state index >= 15 is 0 Å². The standard InChI is InChI=1S/C8H11F5O4S/c1-2-3-4-5-17-6(7(9,10)11)8(12,13)18(14,15)16/h4-6H,2-3H2,1H3,(H,14,15,16)/p-1. The fourth-order valence-corrected chi connectivity index (χ4v) is 1.30. The first-order valence-electron chi connectivity index (χ1n) is 4.65. The van der Waals surface area contributed by atoms with Crippen LogP contribution in [-0.4, -0.2) is 30.5 Å². The summed E-state index contributed by atoms with van der Waals surface area (Å²) >= 11 is 0. The highest BCUT2D eigenvalue weighted by molar-refractivity contribution is 7.86. The summed E-state index contributed by atoms with van der Waals surface area (Å²) in [4.78, 5) is 0. The fraction of sp³-hybridized carbons (Fsp3) is 0.750. The van der Waals surface area contributed by atoms with E-state index in [0.717, 1.165) is 6.08 Å². The molecule has 0 bridgehead atoms. The third-order valence-electron chi connectivity index (χ3n) is 1.70. The topological polar surface area (TPSA) is 66.4 Å². The maximum atomic E-state index is 12.8. The lowest BCUT2D eigenvalue weighted by Gasteiger charge is -2.29. The third kappa shape index (κ3) is 4.41. The Morgan fingerprint density at radius 3 is 2.11 bits per heavy atom. The molecule has 10 heteroatoms. The molecule has 108 valence electrons. The van der Waals surface area contributed by atoms with Crippen molar-refractivity contribution in [2.75, 3.05) is 0 Å². The van der Waals surface area contributed by atoms with Crippen LogP contribution in [0.2, 0.25) is 0 Å². The Kier molecular flexibility index (Phi) is 5.54. The molecule has 0 aromatic heterocycles. The average molecular weight is 297 g/mol. The summed E-state index contributed by atoms with van der Waals surface area (Å²) in [5.41, 5.74) is 0. The molecule has 0 N–H and O–H groups in total. The minimum absolute atomic E-state index is 0.250. The van der Waals surface area contributed by atoms with Crippen molar-refractivity contribution in [3.8, 4) is 0 Å². The Labute approximate surface area is 100 Å². The second-order valence-corrected chi connectivity index (χ2v) is 4.69. The summed E-state index contributed by atoms with van der Waals surface area (Å²) in [6, 6.07) is 0. The molecule has 0 spiro atoms. The number of allylic oxidation sites excluding steroid dienone is 1. The highest BCUT2D eigenvalue weighted by Gasteiger charge is 2.61. The molecule has 0 fully saturated rings. The molecule has 0 saturated heterocycles. The number of rotatable bonds is 6. The van der Waals surface area contributed by atoms with Crippen molar-refractivity contribution in [1.82, 2.24) is 0 Å². The third-order valence-corrected chi connectivity index (χ3v) is 2.58. The van der Waals surface area contributed by atoms with Crippen LogP contribution in [0.3, 0.4) is 0 Å². The van der Waals surface area contributed by atoms with E-state index in [0.29, 0.717) is 12.7 Å². The van der Waals surface area contributed by atoms with Crippen LogP contribution in [0.15, 0.2) is 12.3 Å². The number of hydrogen-bond donors (Lipinski definition) is 0. The van der Waals surface area contributed by atoms with Crippen molar-refractivity contribution in [2.45, 2.75) is 37.3 Å². The van der Waals surface area contributed by atoms with Gasteiger partial charge in [0.15, 0.2) is 10.1 Å². The summed E-state index contributed by atoms with van der Waals surface area (Å²) in [7, 11) is -6.49. The maximum Gasteiger partial charge on any atom is 0.432 e. The van der Waals surface area contributed by atoms with Gasteiger partial charge in [0, 0.05) is 0 Å². The minimum atomic E-state index is -6.49. The molecule has 0 rings (SSSR count). The second-order valence-electron chi connectivity index (χ2n) is 3.23. The van der Waals surface area contributed by atoms with Crippen molar-refractivity contribution in [1.29, 1.82) is 0 Å². The molecular formula is C8H10F5O4S-. The van der Waals surface area contributed by atoms with Gasteiger partial charge in [-0.3, -0.25) is 0 Å². The van der Waals surface area contributed by atoms with Crippen molar-refractivity contribution in [3.63, 3.8) is 0 Å². The average Bonchev–Trinajstić information content (AvgIpc) is 2.13. The van der Waals surface area contributed by atoms with Crippen LogP contribution in [0, 0.1) is 0 Å². The first kappa shape index (κ1) is 17.1. The predicted molar refractivity (Wildman–Crippen MR) is 49.6 cm³/mol. The molecule has 18 heavy (non-hydrogen) atoms. The predicted octanol–water partition coefficient (Wildman–Crippen LogP) is 2.39. The smallest absolute Gasteiger partial charge is 0.432 e. The lowest BCUT2D eigenvalue weighted by Crippen LogP contribution is -2.50. The molecular weight excluding hydrogens is 287 g/mol. The zero-order valence-corrected chi connectivity index (χ0v) is 9.89. The molecule has 0 saturated carbocycles. The van der Waals surface area contributed by atoms with Crippen molar-refractivity contribution in [2.24, 2.45) is 0 Å². The SMILES string of the molecule is CCCC=COC(C(F)(F)F)C(F)(F)S(=O)(=O)[O-]. The molecule has 0 aliphatic carbocycles. The van der Waals surface area contributed by atoms with E-state index in [-0.39, 0.29) is 6.42 Å². The van der Waals surface area contributed by atoms with Gasteiger partial charge in [0.1, 0.15) is 0 Å². The second kappa shape index (κ2) is 5.83. The Morgan fingerprint density at radius 2 is 1.78 bits per heavy atom. The first-order valence-corrected chi connectivity index (χ1v) is 6.05. The van der Waals surface area contributed by atoms with Crippen LogP contribution in [0.4, 0.5) is 22.0 Å². The van der Waals surface area contributed by atoms with Crippen LogP contribution < -0.4 is 0 Å². The molecule has 0 amide bonds. The van der Waals surface area contributed by atoms with Gasteiger partial charge in [-0.25, -0.2) is 8.42 Å². The number of unbranched alkanes of at least 4 members (excludes halogenated alkanes) is 1. The highest BCUT2D eigenvalue weighted by Crippen LogP contribution is 2.37. The number of alkyl halides is 5. The first-order chi connectivity index (χ1) is 7.94. The van der Waals surface area contributed by atoms with Crippen molar-refractivity contribution >= 4 is 10.1 Å². The van der Waals surface area contributed by atoms with Gasteiger partial charge in [0.05, 0.1) is 6.26 Å². The lowest BCUT2D eigenvalue weighted by molar-refractivity contribution is -0.250. The number of ether oxygens (including phenoxy) is 1. The van der Waals surface area contributed by atoms with Crippen LogP contribution in [0.1, 0.15) is 19.8 Å². The summed E-state index contributed by atoms with van der Waals surface area (Å²) in [5.74, 6) is 0. The van der Waals surface area contributed by atoms with Crippen molar-refractivity contribution in [3.05, 3.63) is 12.3 Å². The van der Waals surface area contributed by atoms with E-state index in [4.69, 9.17) is 0 Å². The van der Waals surface area contributed by atoms with E-state index in [2.05, 4.69) is 4.74 Å². The Bertz CT molecular complexity index is 387. The van der Waals surface area contributed by atoms with E-state index in [9.17, 15) is 34.9 Å². The van der Waals surface area contributed by atoms with Crippen molar-refractivity contribution < 1.29 is 39.7 Å². The minimum Gasteiger partial charge on any atom is -0.743 e. The van der Waals surface area contributed by atoms with Gasteiger partial charge < -0.3 is 9.29 Å². The van der Waals surface area contributed by atoms with Gasteiger partial charge in [-0.15, -0.1) is 0 Å². The quantitative estimate of drug-likeness (QED) is 0.429. The van der Waals surface area contributed by atoms with Crippen LogP contribution in [-0.2, 0) is 14.9 Å². The monoisotopic (exact) mass is 297 g/mol. The van der Waals surface area contributed by atoms with Crippen LogP contribution in [0.5, 0.6) is 0 Å². The van der Waals surface area contributed by atoms with Crippen LogP contribution >= 0.6 is 0 Å². The molecule has 0 aromatic rings. The summed E-state index contributed by atoms with van der Waals surface area (Å²) in [6.45, 7) is 1.67. The molecule has 0 aliphatic heterocycles. The largest absolute Gasteiger partial charge is 0.743 e. The fourth-order valence-electron chi connectivity index (χ4n) is 0.847. The summed E-state index contributed by atoms with van der Waals surface area (Å²) in [5, 5.41) is -5.60. The molecule has 4 nitrogen and oxygen atoms in total. The molecule has 0 heterocycles. The van der Waals surface area contributed by atoms with Gasteiger partial charge in [-0.05, 0) is 12.5 Å². The molecule has 0 aliphatic rings. The van der Waals surface area contributed by atoms with Gasteiger partial charge in [-0.2, -0.15) is 22.0 Å². The molecule has 1 atom stereocenters. The Morgan fingerprint density at radius 1 is 1.28 bits per heavy atom. The summed E-state index contributed by atoms with van der Waals surface area (Å²) < 4.78 is 96.3. The summed E-state index contributed by atoms with van der Waals surface area (Å²) in [6.07, 6.45) is -7.64. The Balaban J connectivity index is 5.15. The van der Waals surface area contributed by atoms with E-state index < -0.39 is 27.7 Å². The highest BCUT2D eigenvalue weighted by atomic mass is 32.2. The van der Waals surface area contributed by atoms with Gasteiger partial charge in [0.2, 0.25) is 0 Å².